The van der Waals surface area contributed by atoms with Gasteiger partial charge in [0.05, 0.1) is 10.6 Å². The van der Waals surface area contributed by atoms with Crippen LogP contribution in [0.15, 0.2) is 35.8 Å². The van der Waals surface area contributed by atoms with E-state index >= 15 is 0 Å². The Morgan fingerprint density at radius 3 is 2.40 bits per heavy atom. The number of aryl methyl sites for hydroxylation is 1. The van der Waals surface area contributed by atoms with Crippen molar-refractivity contribution in [1.82, 2.24) is 9.88 Å². The van der Waals surface area contributed by atoms with Crippen molar-refractivity contribution < 1.29 is 27.9 Å². The normalized spacial score (nSPS) is 11.3. The summed E-state index contributed by atoms with van der Waals surface area (Å²) in [5, 5.41) is 11.5. The third kappa shape index (κ3) is 5.86. The van der Waals surface area contributed by atoms with Crippen molar-refractivity contribution in [1.29, 1.82) is 0 Å². The van der Waals surface area contributed by atoms with Crippen LogP contribution in [0.3, 0.4) is 0 Å². The van der Waals surface area contributed by atoms with Crippen molar-refractivity contribution in [3.05, 3.63) is 52.0 Å². The molecule has 0 bridgehead atoms. The third-order valence-electron chi connectivity index (χ3n) is 3.37. The molecule has 1 heterocycles. The number of hydrogen-bond donors (Lipinski definition) is 1. The fourth-order valence-electron chi connectivity index (χ4n) is 2.16. The van der Waals surface area contributed by atoms with Gasteiger partial charge < -0.3 is 10.0 Å². The van der Waals surface area contributed by atoms with Gasteiger partial charge in [0, 0.05) is 31.0 Å². The number of amides is 1. The molecule has 0 saturated heterocycles. The Labute approximate surface area is 145 Å². The molecule has 1 aromatic carbocycles. The molecule has 1 N–H and O–H groups in total. The lowest BCUT2D eigenvalue weighted by molar-refractivity contribution is -0.144. The van der Waals surface area contributed by atoms with Gasteiger partial charge in [0.2, 0.25) is 5.91 Å². The number of thiazole rings is 1. The van der Waals surface area contributed by atoms with E-state index in [4.69, 9.17) is 5.11 Å². The average molecular weight is 372 g/mol. The summed E-state index contributed by atoms with van der Waals surface area (Å²) in [5.74, 6) is -1.58. The van der Waals surface area contributed by atoms with Gasteiger partial charge in [-0.25, -0.2) is 4.98 Å². The molecule has 1 amide bonds. The summed E-state index contributed by atoms with van der Waals surface area (Å²) in [7, 11) is 0. The van der Waals surface area contributed by atoms with Gasteiger partial charge in [0.25, 0.3) is 0 Å². The van der Waals surface area contributed by atoms with Crippen LogP contribution < -0.4 is 0 Å². The maximum Gasteiger partial charge on any atom is 0.416 e. The van der Waals surface area contributed by atoms with Gasteiger partial charge in [0.15, 0.2) is 0 Å². The zero-order chi connectivity index (χ0) is 18.4. The minimum atomic E-state index is -4.44. The number of hydrogen-bond acceptors (Lipinski definition) is 4. The predicted molar refractivity (Wildman–Crippen MR) is 84.9 cm³/mol. The second-order valence-electron chi connectivity index (χ2n) is 5.26. The molecule has 1 aromatic heterocycles. The molecule has 0 aliphatic carbocycles. The smallest absolute Gasteiger partial charge is 0.416 e. The van der Waals surface area contributed by atoms with Crippen LogP contribution in [0.2, 0.25) is 0 Å². The Balaban J connectivity index is 2.03. The zero-order valence-electron chi connectivity index (χ0n) is 13.0. The maximum atomic E-state index is 12.6. The lowest BCUT2D eigenvalue weighted by Gasteiger charge is -2.21. The molecule has 0 spiro atoms. The van der Waals surface area contributed by atoms with Gasteiger partial charge in [-0.1, -0.05) is 12.1 Å². The second-order valence-corrected chi connectivity index (χ2v) is 6.24. The van der Waals surface area contributed by atoms with Gasteiger partial charge in [-0.05, 0) is 17.7 Å². The van der Waals surface area contributed by atoms with Crippen LogP contribution in [-0.2, 0) is 28.7 Å². The standard InChI is InChI=1S/C16H15F3N2O3S/c17-16(18,19)12-3-1-11(2-4-12)9-21(10-15(23)24)14(22)6-5-13-20-7-8-25-13/h1-4,7-8H,5-6,9-10H2,(H,23,24). The van der Waals surface area contributed by atoms with Crippen molar-refractivity contribution in [2.24, 2.45) is 0 Å². The van der Waals surface area contributed by atoms with Crippen LogP contribution in [0.4, 0.5) is 13.2 Å². The minimum absolute atomic E-state index is 0.0683. The Morgan fingerprint density at radius 1 is 1.20 bits per heavy atom. The largest absolute Gasteiger partial charge is 0.480 e. The van der Waals surface area contributed by atoms with Crippen LogP contribution in [0.25, 0.3) is 0 Å². The SMILES string of the molecule is O=C(O)CN(Cc1ccc(C(F)(F)F)cc1)C(=O)CCc1nccs1. The van der Waals surface area contributed by atoms with E-state index in [1.165, 1.54) is 23.5 Å². The van der Waals surface area contributed by atoms with E-state index in [1.807, 2.05) is 0 Å². The van der Waals surface area contributed by atoms with Gasteiger partial charge >= 0.3 is 12.1 Å². The molecule has 134 valence electrons. The predicted octanol–water partition coefficient (Wildman–Crippen LogP) is 3.21. The number of alkyl halides is 3. The molecule has 0 unspecified atom stereocenters. The molecule has 0 saturated carbocycles. The van der Waals surface area contributed by atoms with Crippen LogP contribution in [0.5, 0.6) is 0 Å². The Bertz CT molecular complexity index is 715. The van der Waals surface area contributed by atoms with E-state index in [-0.39, 0.29) is 13.0 Å². The van der Waals surface area contributed by atoms with Crippen LogP contribution in [0.1, 0.15) is 22.6 Å². The molecule has 0 aliphatic rings. The highest BCUT2D eigenvalue weighted by atomic mass is 32.1. The van der Waals surface area contributed by atoms with E-state index < -0.39 is 30.2 Å². The number of rotatable bonds is 7. The number of aliphatic carboxylic acids is 1. The number of halogens is 3. The fourth-order valence-corrected chi connectivity index (χ4v) is 2.78. The molecule has 5 nitrogen and oxygen atoms in total. The molecule has 0 radical (unpaired) electrons. The summed E-state index contributed by atoms with van der Waals surface area (Å²) in [6.45, 7) is -0.584. The highest BCUT2D eigenvalue weighted by Gasteiger charge is 2.30. The number of benzene rings is 1. The monoisotopic (exact) mass is 372 g/mol. The molecule has 0 fully saturated rings. The molecule has 0 aliphatic heterocycles. The first kappa shape index (κ1) is 18.9. The Morgan fingerprint density at radius 2 is 1.88 bits per heavy atom. The lowest BCUT2D eigenvalue weighted by Crippen LogP contribution is -2.35. The number of carbonyl (C=O) groups is 2. The van der Waals surface area contributed by atoms with Gasteiger partial charge in [-0.15, -0.1) is 11.3 Å². The summed E-state index contributed by atoms with van der Waals surface area (Å²) in [4.78, 5) is 28.4. The average Bonchev–Trinajstić information content (AvgIpc) is 3.04. The van der Waals surface area contributed by atoms with Crippen molar-refractivity contribution in [3.8, 4) is 0 Å². The summed E-state index contributed by atoms with van der Waals surface area (Å²) in [5.41, 5.74) is -0.368. The minimum Gasteiger partial charge on any atom is -0.480 e. The summed E-state index contributed by atoms with van der Waals surface area (Å²) >= 11 is 1.39. The van der Waals surface area contributed by atoms with Crippen molar-refractivity contribution in [3.63, 3.8) is 0 Å². The Kier molecular flexibility index (Phi) is 6.13. The number of aromatic nitrogens is 1. The fraction of sp³-hybridized carbons (Fsp3) is 0.312. The third-order valence-corrected chi connectivity index (χ3v) is 4.21. The number of nitrogens with zero attached hydrogens (tertiary/aromatic N) is 2. The highest BCUT2D eigenvalue weighted by molar-refractivity contribution is 7.09. The molecule has 2 rings (SSSR count). The van der Waals surface area contributed by atoms with Gasteiger partial charge in [0.1, 0.15) is 6.54 Å². The molecule has 0 atom stereocenters. The molecule has 9 heteroatoms. The summed E-state index contributed by atoms with van der Waals surface area (Å²) in [6, 6.07) is 4.31. The van der Waals surface area contributed by atoms with E-state index in [9.17, 15) is 22.8 Å². The lowest BCUT2D eigenvalue weighted by atomic mass is 10.1. The number of carbonyl (C=O) groups excluding carboxylic acids is 1. The van der Waals surface area contributed by atoms with Crippen LogP contribution >= 0.6 is 11.3 Å². The van der Waals surface area contributed by atoms with Crippen LogP contribution in [-0.4, -0.2) is 33.4 Å². The van der Waals surface area contributed by atoms with E-state index in [1.54, 1.807) is 11.6 Å². The highest BCUT2D eigenvalue weighted by Crippen LogP contribution is 2.29. The van der Waals surface area contributed by atoms with E-state index in [2.05, 4.69) is 4.98 Å². The molecule has 25 heavy (non-hydrogen) atoms. The number of carboxylic acid groups (broad SMARTS) is 1. The quantitative estimate of drug-likeness (QED) is 0.810. The maximum absolute atomic E-state index is 12.6. The molecular weight excluding hydrogens is 357 g/mol. The van der Waals surface area contributed by atoms with Crippen LogP contribution in [0, 0.1) is 0 Å². The first-order chi connectivity index (χ1) is 11.8. The van der Waals surface area contributed by atoms with Crippen molar-refractivity contribution >= 4 is 23.2 Å². The summed E-state index contributed by atoms with van der Waals surface area (Å²) < 4.78 is 37.7. The molecular formula is C16H15F3N2O3S. The van der Waals surface area contributed by atoms with Gasteiger partial charge in [-0.2, -0.15) is 13.2 Å². The molecule has 2 aromatic rings. The van der Waals surface area contributed by atoms with Crippen molar-refractivity contribution in [2.75, 3.05) is 6.54 Å². The first-order valence-electron chi connectivity index (χ1n) is 7.30. The summed E-state index contributed by atoms with van der Waals surface area (Å²) in [6.07, 6.45) is -2.36. The van der Waals surface area contributed by atoms with E-state index in [0.717, 1.165) is 22.0 Å². The topological polar surface area (TPSA) is 70.5 Å². The second kappa shape index (κ2) is 8.11. The van der Waals surface area contributed by atoms with Gasteiger partial charge in [-0.3, -0.25) is 9.59 Å². The zero-order valence-corrected chi connectivity index (χ0v) is 13.8. The Hall–Kier alpha value is -2.42. The first-order valence-corrected chi connectivity index (χ1v) is 8.18. The van der Waals surface area contributed by atoms with Crippen molar-refractivity contribution in [2.45, 2.75) is 25.6 Å². The van der Waals surface area contributed by atoms with E-state index in [0.29, 0.717) is 12.0 Å². The number of carboxylic acids is 1.